The van der Waals surface area contributed by atoms with E-state index in [0.29, 0.717) is 47.3 Å². The van der Waals surface area contributed by atoms with E-state index < -0.39 is 6.04 Å². The van der Waals surface area contributed by atoms with Crippen LogP contribution in [0, 0.1) is 0 Å². The van der Waals surface area contributed by atoms with Gasteiger partial charge in [0.2, 0.25) is 5.75 Å². The zero-order chi connectivity index (χ0) is 28.2. The summed E-state index contributed by atoms with van der Waals surface area (Å²) in [4.78, 5) is 13.2. The Morgan fingerprint density at radius 3 is 2.29 bits per heavy atom. The summed E-state index contributed by atoms with van der Waals surface area (Å²) in [5.41, 5.74) is 11.6. The van der Waals surface area contributed by atoms with Gasteiger partial charge in [-0.1, -0.05) is 42.0 Å². The number of azo groups is 1. The van der Waals surface area contributed by atoms with Gasteiger partial charge < -0.3 is 42.4 Å². The van der Waals surface area contributed by atoms with Crippen LogP contribution in [0.3, 0.4) is 0 Å². The average Bonchev–Trinajstić information content (AvgIpc) is 3.63. The fraction of sp³-hybridized carbons (Fsp3) is 0.258. The van der Waals surface area contributed by atoms with Crippen LogP contribution in [0.15, 0.2) is 70.4 Å². The van der Waals surface area contributed by atoms with Gasteiger partial charge in [0, 0.05) is 17.6 Å². The highest BCUT2D eigenvalue weighted by molar-refractivity contribution is 5.98. The molecule has 3 aromatic carbocycles. The van der Waals surface area contributed by atoms with Crippen molar-refractivity contribution < 1.29 is 41.9 Å². The predicted octanol–water partition coefficient (Wildman–Crippen LogP) is 1.64. The van der Waals surface area contributed by atoms with Crippen molar-refractivity contribution in [3.8, 4) is 23.0 Å². The maximum atomic E-state index is 13.2. The van der Waals surface area contributed by atoms with Gasteiger partial charge in [-0.25, -0.2) is 0 Å². The molecule has 0 spiro atoms. The van der Waals surface area contributed by atoms with Crippen LogP contribution in [0.25, 0.3) is 17.3 Å². The van der Waals surface area contributed by atoms with Crippen LogP contribution in [0.2, 0.25) is 0 Å². The Morgan fingerprint density at radius 1 is 0.927 bits per heavy atom. The molecule has 0 fully saturated rings. The number of carbonyl (C=O) groups is 1. The molecule has 1 aliphatic heterocycles. The van der Waals surface area contributed by atoms with Crippen molar-refractivity contribution in [3.05, 3.63) is 82.4 Å². The van der Waals surface area contributed by atoms with Gasteiger partial charge in [-0.3, -0.25) is 4.79 Å². The molecular formula is C31H33ClN4O5. The quantitative estimate of drug-likeness (QED) is 0.380. The molecule has 1 atom stereocenters. The van der Waals surface area contributed by atoms with Crippen molar-refractivity contribution in [1.82, 2.24) is 0 Å². The largest absolute Gasteiger partial charge is 1.00 e. The highest BCUT2D eigenvalue weighted by Crippen LogP contribution is 2.43. The zero-order valence-corrected chi connectivity index (χ0v) is 24.2. The minimum absolute atomic E-state index is 0. The second-order valence-corrected chi connectivity index (χ2v) is 9.62. The second-order valence-electron chi connectivity index (χ2n) is 9.62. The van der Waals surface area contributed by atoms with E-state index >= 15 is 0 Å². The van der Waals surface area contributed by atoms with Gasteiger partial charge in [-0.05, 0) is 47.4 Å². The van der Waals surface area contributed by atoms with Crippen LogP contribution in [-0.4, -0.2) is 46.9 Å². The maximum absolute atomic E-state index is 13.2. The van der Waals surface area contributed by atoms with Crippen LogP contribution in [-0.2, 0) is 11.2 Å². The molecule has 10 heteroatoms. The van der Waals surface area contributed by atoms with E-state index in [4.69, 9.17) is 18.9 Å². The first-order valence-corrected chi connectivity index (χ1v) is 13.0. The molecule has 4 N–H and O–H groups in total. The van der Waals surface area contributed by atoms with Gasteiger partial charge in [0.1, 0.15) is 5.75 Å². The van der Waals surface area contributed by atoms with Gasteiger partial charge >= 0.3 is 0 Å². The van der Waals surface area contributed by atoms with Crippen molar-refractivity contribution in [2.45, 2.75) is 18.9 Å². The molecule has 1 unspecified atom stereocenters. The Balaban J connectivity index is 0.00000387. The van der Waals surface area contributed by atoms with E-state index in [2.05, 4.69) is 39.5 Å². The average molecular weight is 577 g/mol. The Kier molecular flexibility index (Phi) is 9.31. The Morgan fingerprint density at radius 2 is 1.63 bits per heavy atom. The molecule has 1 aliphatic carbocycles. The summed E-state index contributed by atoms with van der Waals surface area (Å²) in [6, 6.07) is 17.2. The molecular weight excluding hydrogens is 544 g/mol. The number of quaternary nitrogens is 1. The van der Waals surface area contributed by atoms with E-state index in [1.165, 1.54) is 16.7 Å². The van der Waals surface area contributed by atoms with Crippen molar-refractivity contribution in [1.29, 1.82) is 0 Å². The summed E-state index contributed by atoms with van der Waals surface area (Å²) in [5, 5.41) is 11.7. The van der Waals surface area contributed by atoms with E-state index in [1.807, 2.05) is 42.5 Å². The third kappa shape index (κ3) is 6.06. The Hall–Kier alpha value is -4.34. The smallest absolute Gasteiger partial charge is 0.282 e. The van der Waals surface area contributed by atoms with E-state index in [1.54, 1.807) is 28.4 Å². The molecule has 5 rings (SSSR count). The Bertz CT molecular complexity index is 1520. The monoisotopic (exact) mass is 576 g/mol. The minimum Gasteiger partial charge on any atom is -1.00 e. The number of amides is 1. The topological polar surface area (TPSA) is 118 Å². The number of nitrogens with one attached hydrogen (secondary N) is 1. The molecule has 0 bridgehead atoms. The first kappa shape index (κ1) is 29.6. The van der Waals surface area contributed by atoms with E-state index in [-0.39, 0.29) is 18.3 Å². The van der Waals surface area contributed by atoms with Gasteiger partial charge in [-0.2, -0.15) is 10.2 Å². The maximum Gasteiger partial charge on any atom is 0.282 e. The fourth-order valence-corrected chi connectivity index (χ4v) is 5.11. The Labute approximate surface area is 245 Å². The second kappa shape index (κ2) is 12.9. The molecule has 1 heterocycles. The summed E-state index contributed by atoms with van der Waals surface area (Å²) in [6.45, 7) is 0.387. The fourth-order valence-electron chi connectivity index (χ4n) is 5.11. The van der Waals surface area contributed by atoms with E-state index in [0.717, 1.165) is 23.1 Å². The van der Waals surface area contributed by atoms with Gasteiger partial charge in [-0.15, -0.1) is 0 Å². The van der Waals surface area contributed by atoms with Crippen molar-refractivity contribution >= 4 is 28.9 Å². The number of halogens is 1. The lowest BCUT2D eigenvalue weighted by molar-refractivity contribution is -0.401. The molecule has 0 aromatic heterocycles. The van der Waals surface area contributed by atoms with Gasteiger partial charge in [0.15, 0.2) is 17.5 Å². The van der Waals surface area contributed by atoms with Crippen LogP contribution < -0.4 is 42.4 Å². The zero-order valence-electron chi connectivity index (χ0n) is 23.5. The number of carbonyl (C=O) groups excluding carboxylic acids is 1. The lowest BCUT2D eigenvalue weighted by Crippen LogP contribution is -3.00. The number of hydrogen-bond acceptors (Lipinski definition) is 7. The number of anilines is 1. The molecule has 214 valence electrons. The molecule has 1 amide bonds. The lowest BCUT2D eigenvalue weighted by atomic mass is 9.99. The predicted molar refractivity (Wildman–Crippen MR) is 154 cm³/mol. The lowest BCUT2D eigenvalue weighted by Gasteiger charge is -2.16. The third-order valence-electron chi connectivity index (χ3n) is 7.14. The first-order valence-electron chi connectivity index (χ1n) is 13.0. The normalized spacial score (nSPS) is 14.1. The SMILES string of the molecule is COc1ccc(C2=C(c3cc(OC)c(OC)c(OC)c3)N=NC2)cc1NC(=O)C([NH3+])CC1=Cc2ccccc2C1.[Cl-]. The van der Waals surface area contributed by atoms with Crippen molar-refractivity contribution in [2.75, 3.05) is 40.3 Å². The molecule has 0 radical (unpaired) electrons. The molecule has 2 aliphatic rings. The summed E-state index contributed by atoms with van der Waals surface area (Å²) in [5.74, 6) is 1.93. The molecule has 0 saturated carbocycles. The highest BCUT2D eigenvalue weighted by Gasteiger charge is 2.25. The number of methoxy groups -OCH3 is 4. The summed E-state index contributed by atoms with van der Waals surface area (Å²) in [7, 11) is 6.28. The summed E-state index contributed by atoms with van der Waals surface area (Å²) >= 11 is 0. The van der Waals surface area contributed by atoms with Gasteiger partial charge in [0.05, 0.1) is 46.4 Å². The van der Waals surface area contributed by atoms with Crippen LogP contribution in [0.4, 0.5) is 5.69 Å². The minimum atomic E-state index is -0.459. The number of benzene rings is 3. The molecule has 0 saturated heterocycles. The molecule has 41 heavy (non-hydrogen) atoms. The number of fused-ring (bicyclic) bond motifs is 1. The van der Waals surface area contributed by atoms with Crippen molar-refractivity contribution in [2.24, 2.45) is 10.2 Å². The number of rotatable bonds is 10. The number of hydrogen-bond donors (Lipinski definition) is 2. The van der Waals surface area contributed by atoms with Crippen LogP contribution in [0.5, 0.6) is 23.0 Å². The first-order chi connectivity index (χ1) is 19.4. The summed E-state index contributed by atoms with van der Waals surface area (Å²) in [6.07, 6.45) is 3.59. The molecule has 9 nitrogen and oxygen atoms in total. The number of nitrogens with zero attached hydrogens (tertiary/aromatic N) is 2. The molecule has 3 aromatic rings. The highest BCUT2D eigenvalue weighted by atomic mass is 35.5. The standard InChI is InChI=1S/C31H32N4O5.ClH/c1-37-26-10-9-21(23-17-33-35-29(23)22-15-27(38-2)30(40-4)28(16-22)39-3)14-25(26)34-31(36)24(32)13-18-11-19-7-5-6-8-20(19)12-18;/h5-11,14-16,24H,12-13,17,32H2,1-4H3,(H,34,36);1H. The van der Waals surface area contributed by atoms with Gasteiger partial charge in [0.25, 0.3) is 5.91 Å². The third-order valence-corrected chi connectivity index (χ3v) is 7.14. The number of ether oxygens (including phenoxy) is 4. The summed E-state index contributed by atoms with van der Waals surface area (Å²) < 4.78 is 22.1. The van der Waals surface area contributed by atoms with Crippen LogP contribution in [0.1, 0.15) is 28.7 Å². The van der Waals surface area contributed by atoms with Crippen LogP contribution >= 0.6 is 0 Å². The van der Waals surface area contributed by atoms with E-state index in [9.17, 15) is 4.79 Å². The van der Waals surface area contributed by atoms with Crippen molar-refractivity contribution in [3.63, 3.8) is 0 Å².